The zero-order valence-corrected chi connectivity index (χ0v) is 18.3. The van der Waals surface area contributed by atoms with Crippen molar-refractivity contribution < 1.29 is 0 Å². The van der Waals surface area contributed by atoms with Gasteiger partial charge in [0.1, 0.15) is 0 Å². The van der Waals surface area contributed by atoms with Gasteiger partial charge in [0.2, 0.25) is 0 Å². The molecule has 8 aromatic rings. The number of hydrogen-bond acceptors (Lipinski definition) is 0. The first-order valence-corrected chi connectivity index (χ1v) is 11.5. The minimum Gasteiger partial charge on any atom is -0.308 e. The predicted molar refractivity (Wildman–Crippen MR) is 143 cm³/mol. The number of benzene rings is 4. The molecule has 0 saturated carbocycles. The summed E-state index contributed by atoms with van der Waals surface area (Å²) in [4.78, 5) is 0. The van der Waals surface area contributed by atoms with E-state index in [1.54, 1.807) is 0 Å². The standard InChI is InChI=1S/C31H20N2/c1-3-18-20-10-5-7-14-24(20)32-26-16-17-27-29(28(26)19(4-2)30(18)32)23-13-9-12-22-21-11-6-8-15-25(21)33(27)31(22)23/h3-17H,2H2,1H3/b18-3-. The summed E-state index contributed by atoms with van der Waals surface area (Å²) in [5.41, 5.74) is 8.81. The molecule has 0 spiro atoms. The van der Waals surface area contributed by atoms with Gasteiger partial charge < -0.3 is 8.80 Å². The fourth-order valence-electron chi connectivity index (χ4n) is 6.36. The first-order chi connectivity index (χ1) is 16.3. The second kappa shape index (κ2) is 5.73. The molecule has 0 bridgehead atoms. The van der Waals surface area contributed by atoms with Crippen molar-refractivity contribution in [3.8, 4) is 0 Å². The van der Waals surface area contributed by atoms with Crippen LogP contribution in [0.15, 0.2) is 85.4 Å². The molecular formula is C31H20N2. The molecule has 154 valence electrons. The summed E-state index contributed by atoms with van der Waals surface area (Å²) in [6.07, 6.45) is 4.29. The molecule has 2 nitrogen and oxygen atoms in total. The second-order valence-electron chi connectivity index (χ2n) is 8.93. The average Bonchev–Trinajstić information content (AvgIpc) is 3.57. The van der Waals surface area contributed by atoms with Crippen LogP contribution in [-0.4, -0.2) is 8.80 Å². The van der Waals surface area contributed by atoms with E-state index in [-0.39, 0.29) is 0 Å². The number of rotatable bonds is 1. The highest BCUT2D eigenvalue weighted by molar-refractivity contribution is 6.30. The molecule has 4 aromatic heterocycles. The summed E-state index contributed by atoms with van der Waals surface area (Å²) in [5, 5.41) is 9.14. The topological polar surface area (TPSA) is 8.82 Å². The fourth-order valence-corrected chi connectivity index (χ4v) is 6.36. The molecule has 0 aliphatic carbocycles. The van der Waals surface area contributed by atoms with Crippen LogP contribution >= 0.6 is 0 Å². The predicted octanol–water partition coefficient (Wildman–Crippen LogP) is 7.56. The number of hydrogen-bond donors (Lipinski definition) is 0. The summed E-state index contributed by atoms with van der Waals surface area (Å²) in [5.74, 6) is 0. The van der Waals surface area contributed by atoms with Gasteiger partial charge in [0.05, 0.1) is 33.1 Å². The van der Waals surface area contributed by atoms with Crippen LogP contribution in [0.3, 0.4) is 0 Å². The molecule has 0 N–H and O–H groups in total. The van der Waals surface area contributed by atoms with E-state index in [2.05, 4.69) is 113 Å². The van der Waals surface area contributed by atoms with Crippen LogP contribution < -0.4 is 5.22 Å². The van der Waals surface area contributed by atoms with Gasteiger partial charge in [-0.25, -0.2) is 0 Å². The van der Waals surface area contributed by atoms with Crippen LogP contribution in [0.4, 0.5) is 0 Å². The Labute approximate surface area is 189 Å². The van der Waals surface area contributed by atoms with Crippen molar-refractivity contribution in [1.29, 1.82) is 0 Å². The summed E-state index contributed by atoms with van der Waals surface area (Å²) in [7, 11) is 0. The zero-order valence-electron chi connectivity index (χ0n) is 18.3. The molecule has 0 radical (unpaired) electrons. The van der Waals surface area contributed by atoms with Gasteiger partial charge in [0, 0.05) is 43.1 Å². The Balaban J connectivity index is 1.76. The van der Waals surface area contributed by atoms with Crippen molar-refractivity contribution in [3.63, 3.8) is 0 Å². The van der Waals surface area contributed by atoms with E-state index in [1.165, 1.54) is 76.2 Å². The second-order valence-corrected chi connectivity index (χ2v) is 8.93. The highest BCUT2D eigenvalue weighted by Gasteiger charge is 2.23. The summed E-state index contributed by atoms with van der Waals surface area (Å²) >= 11 is 0. The third-order valence-corrected chi connectivity index (χ3v) is 7.54. The first kappa shape index (κ1) is 17.3. The summed E-state index contributed by atoms with van der Waals surface area (Å²) < 4.78 is 4.89. The normalized spacial score (nSPS) is 13.3. The number of fused-ring (bicyclic) bond motifs is 12. The highest BCUT2D eigenvalue weighted by Crippen LogP contribution is 2.44. The largest absolute Gasteiger partial charge is 0.308 e. The Kier molecular flexibility index (Phi) is 3.00. The van der Waals surface area contributed by atoms with Crippen LogP contribution in [0.2, 0.25) is 0 Å². The quantitative estimate of drug-likeness (QED) is 0.259. The number of nitrogens with zero attached hydrogens (tertiary/aromatic N) is 2. The van der Waals surface area contributed by atoms with Gasteiger partial charge >= 0.3 is 0 Å². The van der Waals surface area contributed by atoms with E-state index in [0.29, 0.717) is 0 Å². The molecule has 0 aliphatic rings. The lowest BCUT2D eigenvalue weighted by Gasteiger charge is -2.02. The van der Waals surface area contributed by atoms with E-state index >= 15 is 0 Å². The Morgan fingerprint density at radius 2 is 1.18 bits per heavy atom. The van der Waals surface area contributed by atoms with Crippen LogP contribution in [0.5, 0.6) is 0 Å². The van der Waals surface area contributed by atoms with Crippen LogP contribution in [0.1, 0.15) is 12.5 Å². The molecule has 0 amide bonds. The van der Waals surface area contributed by atoms with Crippen LogP contribution in [-0.2, 0) is 0 Å². The highest BCUT2D eigenvalue weighted by atomic mass is 14.9. The molecule has 4 heterocycles. The maximum Gasteiger partial charge on any atom is 0.0620 e. The molecule has 2 heteroatoms. The maximum atomic E-state index is 4.28. The van der Waals surface area contributed by atoms with Gasteiger partial charge in [0.15, 0.2) is 0 Å². The molecule has 33 heavy (non-hydrogen) atoms. The molecular weight excluding hydrogens is 400 g/mol. The maximum absolute atomic E-state index is 4.28. The van der Waals surface area contributed by atoms with Crippen molar-refractivity contribution >= 4 is 77.6 Å². The van der Waals surface area contributed by atoms with Gasteiger partial charge in [0.25, 0.3) is 0 Å². The van der Waals surface area contributed by atoms with Gasteiger partial charge in [-0.15, -0.1) is 0 Å². The molecule has 0 aliphatic heterocycles. The molecule has 0 fully saturated rings. The van der Waals surface area contributed by atoms with E-state index in [1.807, 2.05) is 0 Å². The summed E-state index contributed by atoms with van der Waals surface area (Å²) in [6.45, 7) is 6.41. The zero-order chi connectivity index (χ0) is 21.8. The van der Waals surface area contributed by atoms with E-state index < -0.39 is 0 Å². The molecule has 0 saturated heterocycles. The minimum absolute atomic E-state index is 1.22. The van der Waals surface area contributed by atoms with E-state index in [4.69, 9.17) is 0 Å². The van der Waals surface area contributed by atoms with Gasteiger partial charge in [-0.1, -0.05) is 73.3 Å². The lowest BCUT2D eigenvalue weighted by Crippen LogP contribution is -1.97. The summed E-state index contributed by atoms with van der Waals surface area (Å²) in [6, 6.07) is 28.8. The monoisotopic (exact) mass is 420 g/mol. The molecule has 4 aromatic carbocycles. The van der Waals surface area contributed by atoms with Gasteiger partial charge in [-0.2, -0.15) is 0 Å². The lowest BCUT2D eigenvalue weighted by atomic mass is 10.0. The lowest BCUT2D eigenvalue weighted by molar-refractivity contribution is 1.35. The average molecular weight is 421 g/mol. The van der Waals surface area contributed by atoms with E-state index in [0.717, 1.165) is 0 Å². The first-order valence-electron chi connectivity index (χ1n) is 11.5. The SMILES string of the molecule is C=Cc1c2c3c4cccc5c6ccccc6n(c3ccc2n2c1/c(=C\C)c1ccccc12)c54. The Bertz CT molecular complexity index is 2150. The van der Waals surface area contributed by atoms with Gasteiger partial charge in [-0.3, -0.25) is 0 Å². The van der Waals surface area contributed by atoms with Gasteiger partial charge in [-0.05, 0) is 31.2 Å². The number of para-hydroxylation sites is 3. The Hall–Kier alpha value is -4.30. The Morgan fingerprint density at radius 3 is 1.94 bits per heavy atom. The van der Waals surface area contributed by atoms with Crippen molar-refractivity contribution in [3.05, 3.63) is 96.2 Å². The van der Waals surface area contributed by atoms with Crippen molar-refractivity contribution in [2.75, 3.05) is 0 Å². The van der Waals surface area contributed by atoms with Crippen LogP contribution in [0, 0.1) is 0 Å². The van der Waals surface area contributed by atoms with Crippen molar-refractivity contribution in [1.82, 2.24) is 8.80 Å². The Morgan fingerprint density at radius 1 is 0.576 bits per heavy atom. The van der Waals surface area contributed by atoms with E-state index in [9.17, 15) is 0 Å². The minimum atomic E-state index is 1.22. The molecule has 0 atom stereocenters. The van der Waals surface area contributed by atoms with Crippen LogP contribution in [0.25, 0.3) is 77.6 Å². The molecule has 8 rings (SSSR count). The molecule has 0 unspecified atom stereocenters. The third-order valence-electron chi connectivity index (χ3n) is 7.54. The number of aromatic nitrogens is 2. The smallest absolute Gasteiger partial charge is 0.0620 e. The van der Waals surface area contributed by atoms with Crippen molar-refractivity contribution in [2.24, 2.45) is 0 Å². The van der Waals surface area contributed by atoms with Crippen molar-refractivity contribution in [2.45, 2.75) is 6.92 Å². The fraction of sp³-hybridized carbons (Fsp3) is 0.0323. The third kappa shape index (κ3) is 1.80.